The van der Waals surface area contributed by atoms with Gasteiger partial charge in [0.25, 0.3) is 0 Å². The SMILES string of the molecule is COc1ncccc1C1(O)CC2CCCC(C1)N2Cc1ccccc1. The minimum absolute atomic E-state index is 0.405. The van der Waals surface area contributed by atoms with E-state index in [4.69, 9.17) is 4.74 Å². The third-order valence-corrected chi connectivity index (χ3v) is 5.83. The first-order valence-corrected chi connectivity index (χ1v) is 9.21. The standard InChI is InChI=1S/C21H26N2O2/c1-25-20-19(11-6-12-22-20)21(24)13-17-9-5-10-18(14-21)23(17)15-16-7-3-2-4-8-16/h2-4,6-8,11-12,17-18,24H,5,9-10,13-15H2,1H3. The number of aromatic nitrogens is 1. The minimum Gasteiger partial charge on any atom is -0.481 e. The smallest absolute Gasteiger partial charge is 0.219 e. The average Bonchev–Trinajstić information content (AvgIpc) is 2.63. The van der Waals surface area contributed by atoms with Crippen molar-refractivity contribution in [2.24, 2.45) is 0 Å². The fourth-order valence-electron chi connectivity index (χ4n) is 4.70. The van der Waals surface area contributed by atoms with Crippen LogP contribution in [0.4, 0.5) is 0 Å². The number of hydrogen-bond acceptors (Lipinski definition) is 4. The van der Waals surface area contributed by atoms with Crippen molar-refractivity contribution in [3.05, 3.63) is 59.8 Å². The molecule has 2 aliphatic heterocycles. The molecule has 2 unspecified atom stereocenters. The van der Waals surface area contributed by atoms with Gasteiger partial charge in [0.05, 0.1) is 12.7 Å². The zero-order valence-corrected chi connectivity index (χ0v) is 14.8. The van der Waals surface area contributed by atoms with E-state index < -0.39 is 5.60 Å². The Morgan fingerprint density at radius 1 is 1.12 bits per heavy atom. The summed E-state index contributed by atoms with van der Waals surface area (Å²) < 4.78 is 5.42. The topological polar surface area (TPSA) is 45.6 Å². The summed E-state index contributed by atoms with van der Waals surface area (Å²) in [7, 11) is 1.63. The molecule has 25 heavy (non-hydrogen) atoms. The second kappa shape index (κ2) is 6.77. The van der Waals surface area contributed by atoms with Crippen LogP contribution in [0, 0.1) is 0 Å². The summed E-state index contributed by atoms with van der Waals surface area (Å²) in [5.74, 6) is 0.555. The third-order valence-electron chi connectivity index (χ3n) is 5.83. The van der Waals surface area contributed by atoms with Gasteiger partial charge in [-0.05, 0) is 43.4 Å². The van der Waals surface area contributed by atoms with E-state index in [0.717, 1.165) is 37.8 Å². The van der Waals surface area contributed by atoms with Crippen molar-refractivity contribution in [3.63, 3.8) is 0 Å². The number of hydrogen-bond donors (Lipinski definition) is 1. The lowest BCUT2D eigenvalue weighted by atomic mass is 9.72. The molecular weight excluding hydrogens is 312 g/mol. The second-order valence-electron chi connectivity index (χ2n) is 7.40. The number of rotatable bonds is 4. The van der Waals surface area contributed by atoms with Gasteiger partial charge >= 0.3 is 0 Å². The van der Waals surface area contributed by atoms with Crippen LogP contribution < -0.4 is 4.74 Å². The van der Waals surface area contributed by atoms with Gasteiger partial charge in [0.15, 0.2) is 0 Å². The van der Waals surface area contributed by atoms with Crippen molar-refractivity contribution in [2.45, 2.75) is 56.3 Å². The Morgan fingerprint density at radius 3 is 2.52 bits per heavy atom. The van der Waals surface area contributed by atoms with Crippen LogP contribution in [-0.4, -0.2) is 34.2 Å². The van der Waals surface area contributed by atoms with E-state index >= 15 is 0 Å². The molecule has 0 amide bonds. The van der Waals surface area contributed by atoms with Crippen molar-refractivity contribution < 1.29 is 9.84 Å². The quantitative estimate of drug-likeness (QED) is 0.927. The lowest BCUT2D eigenvalue weighted by molar-refractivity contribution is -0.101. The Hall–Kier alpha value is -1.91. The normalized spacial score (nSPS) is 29.4. The monoisotopic (exact) mass is 338 g/mol. The van der Waals surface area contributed by atoms with E-state index in [-0.39, 0.29) is 0 Å². The van der Waals surface area contributed by atoms with E-state index in [0.29, 0.717) is 18.0 Å². The Morgan fingerprint density at radius 2 is 1.84 bits per heavy atom. The van der Waals surface area contributed by atoms with Crippen molar-refractivity contribution in [1.29, 1.82) is 0 Å². The number of ether oxygens (including phenoxy) is 1. The van der Waals surface area contributed by atoms with Crippen molar-refractivity contribution in [1.82, 2.24) is 9.88 Å². The summed E-state index contributed by atoms with van der Waals surface area (Å²) in [4.78, 5) is 6.91. The number of aliphatic hydroxyl groups is 1. The zero-order chi connectivity index (χ0) is 17.3. The molecule has 1 N–H and O–H groups in total. The summed E-state index contributed by atoms with van der Waals surface area (Å²) in [6.07, 6.45) is 6.76. The van der Waals surface area contributed by atoms with Crippen LogP contribution in [0.1, 0.15) is 43.2 Å². The van der Waals surface area contributed by atoms with Gasteiger partial charge in [-0.2, -0.15) is 0 Å². The summed E-state index contributed by atoms with van der Waals surface area (Å²) in [5.41, 5.74) is 1.35. The molecule has 0 spiro atoms. The summed E-state index contributed by atoms with van der Waals surface area (Å²) >= 11 is 0. The Kier molecular flexibility index (Phi) is 4.48. The van der Waals surface area contributed by atoms with Gasteiger partial charge in [0, 0.05) is 30.4 Å². The van der Waals surface area contributed by atoms with Gasteiger partial charge < -0.3 is 9.84 Å². The molecule has 2 atom stereocenters. The summed E-state index contributed by atoms with van der Waals surface area (Å²) in [6.45, 7) is 0.969. The van der Waals surface area contributed by atoms with E-state index in [1.165, 1.54) is 12.0 Å². The van der Waals surface area contributed by atoms with Gasteiger partial charge in [-0.3, -0.25) is 4.90 Å². The highest BCUT2D eigenvalue weighted by Crippen LogP contribution is 2.46. The molecule has 2 aromatic rings. The second-order valence-corrected chi connectivity index (χ2v) is 7.40. The third kappa shape index (κ3) is 3.16. The molecule has 4 rings (SSSR count). The molecule has 2 bridgehead atoms. The van der Waals surface area contributed by atoms with Crippen LogP contribution in [0.5, 0.6) is 5.88 Å². The minimum atomic E-state index is -0.845. The summed E-state index contributed by atoms with van der Waals surface area (Å²) in [5, 5.41) is 11.5. The van der Waals surface area contributed by atoms with Crippen LogP contribution in [0.2, 0.25) is 0 Å². The van der Waals surface area contributed by atoms with E-state index in [1.807, 2.05) is 12.1 Å². The van der Waals surface area contributed by atoms with Crippen LogP contribution in [0.25, 0.3) is 0 Å². The van der Waals surface area contributed by atoms with Crippen LogP contribution in [0.15, 0.2) is 48.7 Å². The summed E-state index contributed by atoms with van der Waals surface area (Å²) in [6, 6.07) is 15.3. The molecule has 2 fully saturated rings. The predicted molar refractivity (Wildman–Crippen MR) is 97.3 cm³/mol. The molecule has 4 heteroatoms. The molecule has 2 aliphatic rings. The first kappa shape index (κ1) is 16.6. The highest BCUT2D eigenvalue weighted by atomic mass is 16.5. The molecule has 2 saturated heterocycles. The van der Waals surface area contributed by atoms with Crippen molar-refractivity contribution in [2.75, 3.05) is 7.11 Å². The van der Waals surface area contributed by atoms with E-state index in [2.05, 4.69) is 40.2 Å². The Balaban J connectivity index is 1.60. The van der Waals surface area contributed by atoms with Gasteiger partial charge in [-0.15, -0.1) is 0 Å². The van der Waals surface area contributed by atoms with Gasteiger partial charge in [0.1, 0.15) is 0 Å². The van der Waals surface area contributed by atoms with E-state index in [1.54, 1.807) is 13.3 Å². The maximum absolute atomic E-state index is 11.5. The molecule has 0 aliphatic carbocycles. The molecule has 0 radical (unpaired) electrons. The number of piperidine rings is 2. The highest BCUT2D eigenvalue weighted by Gasteiger charge is 2.47. The largest absolute Gasteiger partial charge is 0.481 e. The number of pyridine rings is 1. The maximum Gasteiger partial charge on any atom is 0.219 e. The first-order valence-electron chi connectivity index (χ1n) is 9.21. The van der Waals surface area contributed by atoms with Crippen molar-refractivity contribution >= 4 is 0 Å². The van der Waals surface area contributed by atoms with Crippen LogP contribution in [0.3, 0.4) is 0 Å². The molecule has 0 saturated carbocycles. The highest BCUT2D eigenvalue weighted by molar-refractivity contribution is 5.33. The lowest BCUT2D eigenvalue weighted by Crippen LogP contribution is -2.56. The van der Waals surface area contributed by atoms with Crippen molar-refractivity contribution in [3.8, 4) is 5.88 Å². The predicted octanol–water partition coefficient (Wildman–Crippen LogP) is 3.49. The van der Waals surface area contributed by atoms with Crippen LogP contribution >= 0.6 is 0 Å². The fraction of sp³-hybridized carbons (Fsp3) is 0.476. The average molecular weight is 338 g/mol. The Bertz CT molecular complexity index is 705. The van der Waals surface area contributed by atoms with Gasteiger partial charge in [0.2, 0.25) is 5.88 Å². The van der Waals surface area contributed by atoms with Gasteiger partial charge in [-0.1, -0.05) is 36.8 Å². The number of benzene rings is 1. The number of nitrogens with zero attached hydrogens (tertiary/aromatic N) is 2. The molecule has 1 aromatic carbocycles. The number of fused-ring (bicyclic) bond motifs is 2. The van der Waals surface area contributed by atoms with Crippen LogP contribution in [-0.2, 0) is 12.1 Å². The van der Waals surface area contributed by atoms with Gasteiger partial charge in [-0.25, -0.2) is 4.98 Å². The number of methoxy groups -OCH3 is 1. The zero-order valence-electron chi connectivity index (χ0n) is 14.8. The molecule has 132 valence electrons. The first-order chi connectivity index (χ1) is 12.2. The molecule has 3 heterocycles. The molecular formula is C21H26N2O2. The molecule has 1 aromatic heterocycles. The maximum atomic E-state index is 11.5. The lowest BCUT2D eigenvalue weighted by Gasteiger charge is -2.52. The molecule has 4 nitrogen and oxygen atoms in total. The fourth-order valence-corrected chi connectivity index (χ4v) is 4.70. The van der Waals surface area contributed by atoms with E-state index in [9.17, 15) is 5.11 Å². The Labute approximate surface area is 149 Å².